The van der Waals surface area contributed by atoms with Gasteiger partial charge in [-0.25, -0.2) is 8.78 Å². The number of methoxy groups -OCH3 is 1. The van der Waals surface area contributed by atoms with Crippen molar-refractivity contribution in [1.29, 1.82) is 0 Å². The lowest BCUT2D eigenvalue weighted by molar-refractivity contribution is -0.132. The molecule has 9 heteroatoms. The molecule has 5 nitrogen and oxygen atoms in total. The second-order valence-electron chi connectivity index (χ2n) is 7.16. The van der Waals surface area contributed by atoms with E-state index in [1.165, 1.54) is 43.5 Å². The van der Waals surface area contributed by atoms with E-state index in [0.717, 1.165) is 29.2 Å². The molecule has 1 atom stereocenters. The fourth-order valence-corrected chi connectivity index (χ4v) is 4.02. The molecular formula is C24H15Cl2F2NO4. The van der Waals surface area contributed by atoms with Crippen molar-refractivity contribution < 1.29 is 28.2 Å². The van der Waals surface area contributed by atoms with E-state index in [2.05, 4.69) is 0 Å². The van der Waals surface area contributed by atoms with Gasteiger partial charge in [-0.2, -0.15) is 0 Å². The van der Waals surface area contributed by atoms with Gasteiger partial charge in [0.1, 0.15) is 23.1 Å². The van der Waals surface area contributed by atoms with Crippen LogP contribution < -0.4 is 9.64 Å². The zero-order chi connectivity index (χ0) is 23.9. The third-order valence-corrected chi connectivity index (χ3v) is 5.96. The molecule has 1 fully saturated rings. The summed E-state index contributed by atoms with van der Waals surface area (Å²) in [7, 11) is 1.32. The number of nitrogens with zero attached hydrogens (tertiary/aromatic N) is 1. The molecule has 1 amide bonds. The summed E-state index contributed by atoms with van der Waals surface area (Å²) in [6.07, 6.45) is 0. The average molecular weight is 490 g/mol. The van der Waals surface area contributed by atoms with E-state index < -0.39 is 35.1 Å². The maximum absolute atomic E-state index is 14.0. The van der Waals surface area contributed by atoms with Gasteiger partial charge < -0.3 is 9.84 Å². The molecule has 0 radical (unpaired) electrons. The molecule has 1 aliphatic heterocycles. The van der Waals surface area contributed by atoms with Gasteiger partial charge in [0.05, 0.1) is 34.3 Å². The molecule has 0 spiro atoms. The summed E-state index contributed by atoms with van der Waals surface area (Å²) >= 11 is 12.2. The highest BCUT2D eigenvalue weighted by Crippen LogP contribution is 2.44. The quantitative estimate of drug-likeness (QED) is 0.281. The predicted octanol–water partition coefficient (Wildman–Crippen LogP) is 5.91. The lowest BCUT2D eigenvalue weighted by Crippen LogP contribution is -2.29. The largest absolute Gasteiger partial charge is 0.507 e. The van der Waals surface area contributed by atoms with Gasteiger partial charge in [-0.05, 0) is 60.2 Å². The van der Waals surface area contributed by atoms with Crippen molar-refractivity contribution in [2.75, 3.05) is 12.0 Å². The molecule has 4 rings (SSSR count). The number of aliphatic hydroxyl groups excluding tert-OH is 1. The van der Waals surface area contributed by atoms with Crippen LogP contribution in [-0.2, 0) is 9.59 Å². The molecule has 1 heterocycles. The first-order valence-corrected chi connectivity index (χ1v) is 10.3. The summed E-state index contributed by atoms with van der Waals surface area (Å²) in [4.78, 5) is 27.3. The van der Waals surface area contributed by atoms with Gasteiger partial charge in [-0.15, -0.1) is 0 Å². The molecule has 1 N–H and O–H groups in total. The summed E-state index contributed by atoms with van der Waals surface area (Å²) in [5.74, 6) is -3.74. The molecule has 0 aromatic heterocycles. The second-order valence-corrected chi connectivity index (χ2v) is 7.98. The number of Topliss-reactive ketones (excluding diaryl/α,β-unsaturated/α-hetero) is 1. The fraction of sp³-hybridized carbons (Fsp3) is 0.0833. The Labute approximate surface area is 197 Å². The van der Waals surface area contributed by atoms with E-state index >= 15 is 0 Å². The predicted molar refractivity (Wildman–Crippen MR) is 121 cm³/mol. The van der Waals surface area contributed by atoms with E-state index in [-0.39, 0.29) is 32.6 Å². The first-order chi connectivity index (χ1) is 15.7. The van der Waals surface area contributed by atoms with Crippen LogP contribution in [0.5, 0.6) is 5.75 Å². The molecule has 33 heavy (non-hydrogen) atoms. The monoisotopic (exact) mass is 489 g/mol. The van der Waals surface area contributed by atoms with Crippen LogP contribution >= 0.6 is 23.2 Å². The number of benzene rings is 3. The molecule has 1 aliphatic rings. The van der Waals surface area contributed by atoms with Crippen molar-refractivity contribution in [2.45, 2.75) is 6.04 Å². The van der Waals surface area contributed by atoms with Crippen LogP contribution in [0.25, 0.3) is 5.76 Å². The van der Waals surface area contributed by atoms with Gasteiger partial charge >= 0.3 is 0 Å². The van der Waals surface area contributed by atoms with Crippen molar-refractivity contribution >= 4 is 46.3 Å². The van der Waals surface area contributed by atoms with Gasteiger partial charge in [0.2, 0.25) is 0 Å². The van der Waals surface area contributed by atoms with Crippen LogP contribution in [0.3, 0.4) is 0 Å². The minimum Gasteiger partial charge on any atom is -0.507 e. The van der Waals surface area contributed by atoms with Gasteiger partial charge in [0.15, 0.2) is 0 Å². The summed E-state index contributed by atoms with van der Waals surface area (Å²) in [6.45, 7) is 0. The first kappa shape index (κ1) is 22.8. The number of amides is 1. The number of anilines is 1. The smallest absolute Gasteiger partial charge is 0.300 e. The number of ether oxygens (including phenoxy) is 1. The molecular weight excluding hydrogens is 475 g/mol. The van der Waals surface area contributed by atoms with Crippen LogP contribution in [0.1, 0.15) is 17.2 Å². The summed E-state index contributed by atoms with van der Waals surface area (Å²) in [5, 5.41) is 11.5. The van der Waals surface area contributed by atoms with Crippen molar-refractivity contribution in [3.05, 3.63) is 99.0 Å². The Morgan fingerprint density at radius 2 is 1.61 bits per heavy atom. The van der Waals surface area contributed by atoms with Crippen molar-refractivity contribution in [3.8, 4) is 5.75 Å². The highest BCUT2D eigenvalue weighted by atomic mass is 35.5. The molecule has 0 saturated carbocycles. The number of hydrogen-bond donors (Lipinski definition) is 1. The van der Waals surface area contributed by atoms with Crippen molar-refractivity contribution in [3.63, 3.8) is 0 Å². The standard InChI is InChI=1S/C24H15Cl2F2NO4/c1-33-19-9-5-14(28)11-16(19)22(30)20-21(12-2-8-17(25)18(26)10-12)29(24(32)23(20)31)15-6-3-13(27)4-7-15/h2-11,21,30H,1H3/b22-20+. The van der Waals surface area contributed by atoms with E-state index in [1.807, 2.05) is 0 Å². The van der Waals surface area contributed by atoms with Gasteiger partial charge in [-0.1, -0.05) is 29.3 Å². The Morgan fingerprint density at radius 3 is 2.24 bits per heavy atom. The van der Waals surface area contributed by atoms with E-state index in [4.69, 9.17) is 27.9 Å². The first-order valence-electron chi connectivity index (χ1n) is 9.58. The lowest BCUT2D eigenvalue weighted by atomic mass is 9.94. The van der Waals surface area contributed by atoms with Crippen LogP contribution in [-0.4, -0.2) is 23.9 Å². The van der Waals surface area contributed by atoms with E-state index in [1.54, 1.807) is 0 Å². The maximum Gasteiger partial charge on any atom is 0.300 e. The normalized spacial score (nSPS) is 17.5. The second kappa shape index (κ2) is 8.84. The Balaban J connectivity index is 2.00. The van der Waals surface area contributed by atoms with Crippen molar-refractivity contribution in [1.82, 2.24) is 0 Å². The van der Waals surface area contributed by atoms with Crippen LogP contribution in [0.4, 0.5) is 14.5 Å². The number of rotatable bonds is 4. The number of halogens is 4. The van der Waals surface area contributed by atoms with E-state index in [0.29, 0.717) is 5.56 Å². The molecule has 1 unspecified atom stereocenters. The number of hydrogen-bond acceptors (Lipinski definition) is 4. The minimum absolute atomic E-state index is 0.0924. The third kappa shape index (κ3) is 4.05. The molecule has 0 aliphatic carbocycles. The summed E-state index contributed by atoms with van der Waals surface area (Å²) < 4.78 is 32.7. The van der Waals surface area contributed by atoms with Crippen LogP contribution in [0.15, 0.2) is 66.2 Å². The average Bonchev–Trinajstić information content (AvgIpc) is 3.06. The van der Waals surface area contributed by atoms with Crippen LogP contribution in [0, 0.1) is 11.6 Å². The molecule has 3 aromatic carbocycles. The minimum atomic E-state index is -1.15. The lowest BCUT2D eigenvalue weighted by Gasteiger charge is -2.26. The van der Waals surface area contributed by atoms with Gasteiger partial charge in [-0.3, -0.25) is 14.5 Å². The number of carbonyl (C=O) groups is 2. The highest BCUT2D eigenvalue weighted by molar-refractivity contribution is 6.52. The zero-order valence-corrected chi connectivity index (χ0v) is 18.5. The Bertz CT molecular complexity index is 1310. The van der Waals surface area contributed by atoms with Gasteiger partial charge in [0.25, 0.3) is 11.7 Å². The molecule has 0 bridgehead atoms. The SMILES string of the molecule is COc1ccc(F)cc1/C(O)=C1\C(=O)C(=O)N(c2ccc(F)cc2)C1c1ccc(Cl)c(Cl)c1. The highest BCUT2D eigenvalue weighted by Gasteiger charge is 2.47. The summed E-state index contributed by atoms with van der Waals surface area (Å²) in [6, 6.07) is 11.6. The third-order valence-electron chi connectivity index (χ3n) is 5.23. The zero-order valence-electron chi connectivity index (χ0n) is 17.0. The Kier molecular flexibility index (Phi) is 6.10. The van der Waals surface area contributed by atoms with E-state index in [9.17, 15) is 23.5 Å². The fourth-order valence-electron chi connectivity index (χ4n) is 3.71. The Hall–Kier alpha value is -3.42. The summed E-state index contributed by atoms with van der Waals surface area (Å²) in [5.41, 5.74) is 0.135. The molecule has 168 valence electrons. The topological polar surface area (TPSA) is 66.8 Å². The Morgan fingerprint density at radius 1 is 0.939 bits per heavy atom. The maximum atomic E-state index is 14.0. The molecule has 1 saturated heterocycles. The van der Waals surface area contributed by atoms with Gasteiger partial charge in [0, 0.05) is 5.69 Å². The number of carbonyl (C=O) groups excluding carboxylic acids is 2. The van der Waals surface area contributed by atoms with Crippen molar-refractivity contribution in [2.24, 2.45) is 0 Å². The number of aliphatic hydroxyl groups is 1. The van der Waals surface area contributed by atoms with Crippen LogP contribution in [0.2, 0.25) is 10.0 Å². The molecule has 3 aromatic rings. The number of ketones is 1.